The molecule has 1 rings (SSSR count). The number of sulfone groups is 1. The highest BCUT2D eigenvalue weighted by Crippen LogP contribution is 2.44. The number of benzene rings is 1. The predicted molar refractivity (Wildman–Crippen MR) is 71.4 cm³/mol. The van der Waals surface area contributed by atoms with Gasteiger partial charge in [-0.25, -0.2) is 8.42 Å². The largest absolute Gasteiger partial charge is 0.385 e. The van der Waals surface area contributed by atoms with E-state index >= 15 is 0 Å². The lowest BCUT2D eigenvalue weighted by Crippen LogP contribution is -2.33. The van der Waals surface area contributed by atoms with Crippen LogP contribution in [0.15, 0.2) is 30.3 Å². The second kappa shape index (κ2) is 5.16. The van der Waals surface area contributed by atoms with Gasteiger partial charge in [0, 0.05) is 5.75 Å². The number of halogens is 2. The van der Waals surface area contributed by atoms with E-state index in [0.29, 0.717) is 5.56 Å². The Balaban J connectivity index is 3.11. The molecule has 0 saturated carbocycles. The quantitative estimate of drug-likeness (QED) is 0.827. The third kappa shape index (κ3) is 2.67. The van der Waals surface area contributed by atoms with E-state index in [1.54, 1.807) is 30.3 Å². The molecule has 0 saturated heterocycles. The molecule has 1 unspecified atom stereocenters. The summed E-state index contributed by atoms with van der Waals surface area (Å²) >= 11 is 6.09. The molecule has 1 N–H and O–H groups in total. The Hall–Kier alpha value is 0.0900. The molecule has 3 nitrogen and oxygen atoms in total. The summed E-state index contributed by atoms with van der Waals surface area (Å²) in [7, 11) is -3.46. The third-order valence-electron chi connectivity index (χ3n) is 2.23. The molecule has 0 aliphatic rings. The first-order chi connectivity index (χ1) is 7.33. The van der Waals surface area contributed by atoms with Crippen molar-refractivity contribution in [2.24, 2.45) is 0 Å². The van der Waals surface area contributed by atoms with Gasteiger partial charge in [-0.1, -0.05) is 69.1 Å². The number of hydrogen-bond donors (Lipinski definition) is 1. The fourth-order valence-corrected chi connectivity index (χ4v) is 3.96. The maximum Gasteiger partial charge on any atom is 0.210 e. The molecule has 0 aromatic heterocycles. The van der Waals surface area contributed by atoms with E-state index in [1.165, 1.54) is 6.92 Å². The molecule has 0 bridgehead atoms. The van der Waals surface area contributed by atoms with Crippen LogP contribution < -0.4 is 0 Å². The summed E-state index contributed by atoms with van der Waals surface area (Å²) in [6.07, 6.45) is -1.17. The smallest absolute Gasteiger partial charge is 0.210 e. The van der Waals surface area contributed by atoms with Crippen molar-refractivity contribution >= 4 is 41.7 Å². The van der Waals surface area contributed by atoms with E-state index in [2.05, 4.69) is 31.9 Å². The van der Waals surface area contributed by atoms with Crippen LogP contribution in [0.4, 0.5) is 0 Å². The first kappa shape index (κ1) is 14.2. The van der Waals surface area contributed by atoms with Gasteiger partial charge in [-0.3, -0.25) is 0 Å². The van der Waals surface area contributed by atoms with Gasteiger partial charge in [-0.15, -0.1) is 0 Å². The van der Waals surface area contributed by atoms with Gasteiger partial charge in [0.15, 0.2) is 9.84 Å². The molecule has 16 heavy (non-hydrogen) atoms. The molecule has 0 fully saturated rings. The normalized spacial score (nSPS) is 14.8. The van der Waals surface area contributed by atoms with Crippen LogP contribution in [0.1, 0.15) is 18.6 Å². The summed E-state index contributed by atoms with van der Waals surface area (Å²) in [5.74, 6) is -0.0621. The predicted octanol–water partition coefficient (Wildman–Crippen LogP) is 2.60. The van der Waals surface area contributed by atoms with Crippen molar-refractivity contribution < 1.29 is 13.5 Å². The van der Waals surface area contributed by atoms with Gasteiger partial charge in [0.2, 0.25) is 2.57 Å². The highest BCUT2D eigenvalue weighted by molar-refractivity contribution is 9.28. The molecule has 0 aliphatic carbocycles. The van der Waals surface area contributed by atoms with Gasteiger partial charge in [0.25, 0.3) is 0 Å². The molecule has 0 aliphatic heterocycles. The van der Waals surface area contributed by atoms with Crippen LogP contribution in [-0.2, 0) is 9.84 Å². The summed E-state index contributed by atoms with van der Waals surface area (Å²) in [6, 6.07) is 8.63. The Bertz CT molecular complexity index is 442. The maximum atomic E-state index is 11.8. The lowest BCUT2D eigenvalue weighted by Gasteiger charge is -2.26. The van der Waals surface area contributed by atoms with Gasteiger partial charge < -0.3 is 5.11 Å². The molecule has 0 spiro atoms. The lowest BCUT2D eigenvalue weighted by atomic mass is 10.1. The van der Waals surface area contributed by atoms with Crippen LogP contribution >= 0.6 is 31.9 Å². The van der Waals surface area contributed by atoms with Crippen LogP contribution in [0.3, 0.4) is 0 Å². The standard InChI is InChI=1S/C10H12Br2O3S/c1-2-16(14,15)10(11,12)9(13)8-6-4-3-5-7-8/h3-7,9,13H,2H2,1H3. The Morgan fingerprint density at radius 1 is 1.31 bits per heavy atom. The van der Waals surface area contributed by atoms with Crippen molar-refractivity contribution in [2.45, 2.75) is 15.6 Å². The van der Waals surface area contributed by atoms with Crippen LogP contribution in [-0.4, -0.2) is 21.8 Å². The van der Waals surface area contributed by atoms with Gasteiger partial charge in [-0.2, -0.15) is 0 Å². The first-order valence-electron chi connectivity index (χ1n) is 4.66. The van der Waals surface area contributed by atoms with Gasteiger partial charge in [-0.05, 0) is 5.56 Å². The SMILES string of the molecule is CCS(=O)(=O)C(Br)(Br)C(O)c1ccccc1. The maximum absolute atomic E-state index is 11.8. The van der Waals surface area contributed by atoms with Crippen molar-refractivity contribution in [3.8, 4) is 0 Å². The van der Waals surface area contributed by atoms with E-state index in [-0.39, 0.29) is 5.75 Å². The fraction of sp³-hybridized carbons (Fsp3) is 0.400. The van der Waals surface area contributed by atoms with Crippen LogP contribution in [0, 0.1) is 0 Å². The number of hydrogen-bond acceptors (Lipinski definition) is 3. The van der Waals surface area contributed by atoms with Crippen molar-refractivity contribution in [1.82, 2.24) is 0 Å². The second-order valence-corrected chi connectivity index (χ2v) is 10.3. The lowest BCUT2D eigenvalue weighted by molar-refractivity contribution is 0.189. The molecule has 0 radical (unpaired) electrons. The van der Waals surface area contributed by atoms with Crippen LogP contribution in [0.5, 0.6) is 0 Å². The van der Waals surface area contributed by atoms with Crippen LogP contribution in [0.2, 0.25) is 0 Å². The zero-order valence-corrected chi connectivity index (χ0v) is 12.6. The average molecular weight is 372 g/mol. The van der Waals surface area contributed by atoms with Crippen molar-refractivity contribution in [2.75, 3.05) is 5.75 Å². The minimum absolute atomic E-state index is 0.0621. The van der Waals surface area contributed by atoms with E-state index in [0.717, 1.165) is 0 Å². The molecular weight excluding hydrogens is 360 g/mol. The molecule has 0 heterocycles. The summed E-state index contributed by atoms with van der Waals surface area (Å²) in [5.41, 5.74) is 0.535. The molecule has 1 aromatic rings. The van der Waals surface area contributed by atoms with Gasteiger partial charge >= 0.3 is 0 Å². The summed E-state index contributed by atoms with van der Waals surface area (Å²) in [5, 5.41) is 10.0. The Kier molecular flexibility index (Phi) is 4.57. The minimum atomic E-state index is -3.46. The van der Waals surface area contributed by atoms with E-state index in [9.17, 15) is 13.5 Å². The van der Waals surface area contributed by atoms with E-state index in [1.807, 2.05) is 0 Å². The first-order valence-corrected chi connectivity index (χ1v) is 7.90. The number of rotatable bonds is 4. The monoisotopic (exact) mass is 370 g/mol. The fourth-order valence-electron chi connectivity index (χ4n) is 1.19. The summed E-state index contributed by atoms with van der Waals surface area (Å²) < 4.78 is 22.0. The number of aliphatic hydroxyl groups excluding tert-OH is 1. The molecule has 90 valence electrons. The average Bonchev–Trinajstić information content (AvgIpc) is 2.29. The molecule has 0 amide bonds. The highest BCUT2D eigenvalue weighted by atomic mass is 79.9. The zero-order chi connectivity index (χ0) is 12.4. The Labute approximate surface area is 112 Å². The van der Waals surface area contributed by atoms with E-state index in [4.69, 9.17) is 0 Å². The van der Waals surface area contributed by atoms with Crippen molar-refractivity contribution in [1.29, 1.82) is 0 Å². The zero-order valence-electron chi connectivity index (χ0n) is 8.60. The molecule has 1 atom stereocenters. The second-order valence-electron chi connectivity index (χ2n) is 3.28. The molecular formula is C10H12Br2O3S. The molecule has 1 aromatic carbocycles. The van der Waals surface area contributed by atoms with Gasteiger partial charge in [0.1, 0.15) is 6.10 Å². The van der Waals surface area contributed by atoms with Crippen molar-refractivity contribution in [3.05, 3.63) is 35.9 Å². The Morgan fingerprint density at radius 3 is 2.25 bits per heavy atom. The van der Waals surface area contributed by atoms with E-state index < -0.39 is 18.5 Å². The highest BCUT2D eigenvalue weighted by Gasteiger charge is 2.45. The number of alkyl halides is 2. The Morgan fingerprint density at radius 2 is 1.81 bits per heavy atom. The third-order valence-corrected chi connectivity index (χ3v) is 7.87. The molecule has 6 heteroatoms. The van der Waals surface area contributed by atoms with Crippen molar-refractivity contribution in [3.63, 3.8) is 0 Å². The summed E-state index contributed by atoms with van der Waals surface area (Å²) in [6.45, 7) is 1.53. The summed E-state index contributed by atoms with van der Waals surface area (Å²) in [4.78, 5) is 0. The minimum Gasteiger partial charge on any atom is -0.385 e. The topological polar surface area (TPSA) is 54.4 Å². The van der Waals surface area contributed by atoms with Gasteiger partial charge in [0.05, 0.1) is 0 Å². The van der Waals surface area contributed by atoms with Crippen LogP contribution in [0.25, 0.3) is 0 Å². The number of aliphatic hydroxyl groups is 1.